The van der Waals surface area contributed by atoms with Crippen LogP contribution in [0.4, 0.5) is 11.4 Å². The van der Waals surface area contributed by atoms with Crippen molar-refractivity contribution >= 4 is 50.5 Å². The summed E-state index contributed by atoms with van der Waals surface area (Å²) in [6.07, 6.45) is 0. The van der Waals surface area contributed by atoms with E-state index in [9.17, 15) is 13.2 Å². The predicted octanol–water partition coefficient (Wildman–Crippen LogP) is 3.75. The Labute approximate surface area is 138 Å². The Morgan fingerprint density at radius 2 is 1.68 bits per heavy atom. The van der Waals surface area contributed by atoms with E-state index in [0.717, 1.165) is 0 Å². The molecule has 2 aromatic carbocycles. The summed E-state index contributed by atoms with van der Waals surface area (Å²) in [7, 11) is -3.80. The van der Waals surface area contributed by atoms with Crippen LogP contribution in [0.15, 0.2) is 47.4 Å². The number of rotatable bonds is 4. The van der Waals surface area contributed by atoms with E-state index < -0.39 is 10.0 Å². The molecule has 8 heteroatoms. The van der Waals surface area contributed by atoms with Gasteiger partial charge in [-0.2, -0.15) is 0 Å². The van der Waals surface area contributed by atoms with Gasteiger partial charge in [0.05, 0.1) is 15.6 Å². The average Bonchev–Trinajstić information content (AvgIpc) is 2.42. The number of anilines is 2. The summed E-state index contributed by atoms with van der Waals surface area (Å²) in [5.41, 5.74) is 0.701. The lowest BCUT2D eigenvalue weighted by molar-refractivity contribution is -0.114. The molecule has 0 saturated carbocycles. The summed E-state index contributed by atoms with van der Waals surface area (Å²) < 4.78 is 27.0. The van der Waals surface area contributed by atoms with Gasteiger partial charge in [-0.3, -0.25) is 9.52 Å². The van der Waals surface area contributed by atoms with Gasteiger partial charge in [0.2, 0.25) is 5.91 Å². The van der Waals surface area contributed by atoms with Crippen molar-refractivity contribution in [2.24, 2.45) is 0 Å². The molecule has 116 valence electrons. The molecule has 0 spiro atoms. The number of nitrogens with one attached hydrogen (secondary N) is 2. The topological polar surface area (TPSA) is 75.3 Å². The van der Waals surface area contributed by atoms with Gasteiger partial charge in [-0.15, -0.1) is 0 Å². The van der Waals surface area contributed by atoms with Gasteiger partial charge in [0.25, 0.3) is 10.0 Å². The summed E-state index contributed by atoms with van der Waals surface area (Å²) in [5, 5.41) is 3.16. The summed E-state index contributed by atoms with van der Waals surface area (Å²) in [6.45, 7) is 1.37. The van der Waals surface area contributed by atoms with Crippen molar-refractivity contribution in [3.63, 3.8) is 0 Å². The zero-order valence-corrected chi connectivity index (χ0v) is 13.8. The highest BCUT2D eigenvalue weighted by Crippen LogP contribution is 2.28. The highest BCUT2D eigenvalue weighted by molar-refractivity contribution is 7.92. The van der Waals surface area contributed by atoms with Crippen molar-refractivity contribution < 1.29 is 13.2 Å². The first-order valence-electron chi connectivity index (χ1n) is 6.13. The SMILES string of the molecule is CC(=O)Nc1ccc(S(=O)(=O)Nc2cc(Cl)ccc2Cl)cc1. The summed E-state index contributed by atoms with van der Waals surface area (Å²) in [5.74, 6) is -0.237. The van der Waals surface area contributed by atoms with Crippen LogP contribution in [-0.2, 0) is 14.8 Å². The number of amides is 1. The van der Waals surface area contributed by atoms with E-state index in [-0.39, 0.29) is 21.5 Å². The van der Waals surface area contributed by atoms with Crippen LogP contribution in [0.3, 0.4) is 0 Å². The molecule has 0 unspecified atom stereocenters. The predicted molar refractivity (Wildman–Crippen MR) is 88.0 cm³/mol. The van der Waals surface area contributed by atoms with Crippen LogP contribution in [0.25, 0.3) is 0 Å². The standard InChI is InChI=1S/C14H12Cl2N2O3S/c1-9(19)17-11-3-5-12(6-4-11)22(20,21)18-14-8-10(15)2-7-13(14)16/h2-8,18H,1H3,(H,17,19). The molecule has 2 aromatic rings. The monoisotopic (exact) mass is 358 g/mol. The van der Waals surface area contributed by atoms with Gasteiger partial charge in [0, 0.05) is 17.6 Å². The van der Waals surface area contributed by atoms with Crippen molar-refractivity contribution in [2.75, 3.05) is 10.0 Å². The lowest BCUT2D eigenvalue weighted by Crippen LogP contribution is -2.13. The zero-order valence-electron chi connectivity index (χ0n) is 11.4. The normalized spacial score (nSPS) is 11.0. The van der Waals surface area contributed by atoms with E-state index in [1.54, 1.807) is 6.07 Å². The van der Waals surface area contributed by atoms with Crippen LogP contribution in [-0.4, -0.2) is 14.3 Å². The lowest BCUT2D eigenvalue weighted by atomic mass is 10.3. The molecule has 5 nitrogen and oxygen atoms in total. The van der Waals surface area contributed by atoms with Gasteiger partial charge >= 0.3 is 0 Å². The van der Waals surface area contributed by atoms with Gasteiger partial charge in [-0.1, -0.05) is 23.2 Å². The second-order valence-corrected chi connectivity index (χ2v) is 6.96. The molecule has 0 aliphatic carbocycles. The molecular weight excluding hydrogens is 347 g/mol. The van der Waals surface area contributed by atoms with E-state index in [4.69, 9.17) is 23.2 Å². The first-order chi connectivity index (χ1) is 10.3. The van der Waals surface area contributed by atoms with Crippen molar-refractivity contribution in [3.8, 4) is 0 Å². The number of carbonyl (C=O) groups is 1. The van der Waals surface area contributed by atoms with E-state index >= 15 is 0 Å². The maximum atomic E-state index is 12.3. The average molecular weight is 359 g/mol. The molecule has 2 N–H and O–H groups in total. The Morgan fingerprint density at radius 3 is 2.27 bits per heavy atom. The largest absolute Gasteiger partial charge is 0.326 e. The van der Waals surface area contributed by atoms with Crippen molar-refractivity contribution in [2.45, 2.75) is 11.8 Å². The first-order valence-corrected chi connectivity index (χ1v) is 8.37. The van der Waals surface area contributed by atoms with Crippen LogP contribution >= 0.6 is 23.2 Å². The highest BCUT2D eigenvalue weighted by Gasteiger charge is 2.16. The van der Waals surface area contributed by atoms with Gasteiger partial charge in [-0.25, -0.2) is 8.42 Å². The molecule has 2 rings (SSSR count). The number of benzene rings is 2. The summed E-state index contributed by atoms with van der Waals surface area (Å²) in [6, 6.07) is 10.2. The van der Waals surface area contributed by atoms with Gasteiger partial charge < -0.3 is 5.32 Å². The van der Waals surface area contributed by atoms with Crippen LogP contribution < -0.4 is 10.0 Å². The van der Waals surface area contributed by atoms with Crippen LogP contribution in [0.1, 0.15) is 6.92 Å². The van der Waals surface area contributed by atoms with E-state index in [1.807, 2.05) is 0 Å². The fourth-order valence-electron chi connectivity index (χ4n) is 1.70. The highest BCUT2D eigenvalue weighted by atomic mass is 35.5. The number of halogens is 2. The quantitative estimate of drug-likeness (QED) is 0.873. The molecule has 0 atom stereocenters. The summed E-state index contributed by atoms with van der Waals surface area (Å²) in [4.78, 5) is 11.0. The molecular formula is C14H12Cl2N2O3S. The molecule has 0 bridgehead atoms. The van der Waals surface area contributed by atoms with Crippen molar-refractivity contribution in [3.05, 3.63) is 52.5 Å². The van der Waals surface area contributed by atoms with Crippen molar-refractivity contribution in [1.82, 2.24) is 0 Å². The first kappa shape index (κ1) is 16.6. The lowest BCUT2D eigenvalue weighted by Gasteiger charge is -2.10. The molecule has 0 heterocycles. The van der Waals surface area contributed by atoms with Crippen LogP contribution in [0.2, 0.25) is 10.0 Å². The maximum Gasteiger partial charge on any atom is 0.261 e. The van der Waals surface area contributed by atoms with Crippen LogP contribution in [0.5, 0.6) is 0 Å². The molecule has 0 aromatic heterocycles. The Morgan fingerprint density at radius 1 is 1.05 bits per heavy atom. The maximum absolute atomic E-state index is 12.3. The number of hydrogen-bond acceptors (Lipinski definition) is 3. The van der Waals surface area contributed by atoms with E-state index in [1.165, 1.54) is 43.3 Å². The minimum absolute atomic E-state index is 0.0395. The molecule has 0 aliphatic rings. The Hall–Kier alpha value is -1.76. The van der Waals surface area contributed by atoms with Gasteiger partial charge in [0.15, 0.2) is 0 Å². The molecule has 0 fully saturated rings. The third-order valence-corrected chi connectivity index (χ3v) is 4.60. The third-order valence-electron chi connectivity index (χ3n) is 2.66. The fraction of sp³-hybridized carbons (Fsp3) is 0.0714. The molecule has 0 radical (unpaired) electrons. The second-order valence-electron chi connectivity index (χ2n) is 4.44. The molecule has 1 amide bonds. The molecule has 0 saturated heterocycles. The summed E-state index contributed by atoms with van der Waals surface area (Å²) >= 11 is 11.8. The molecule has 22 heavy (non-hydrogen) atoms. The van der Waals surface area contributed by atoms with E-state index in [2.05, 4.69) is 10.0 Å². The minimum atomic E-state index is -3.80. The third kappa shape index (κ3) is 4.13. The van der Waals surface area contributed by atoms with Crippen molar-refractivity contribution in [1.29, 1.82) is 0 Å². The van der Waals surface area contributed by atoms with E-state index in [0.29, 0.717) is 10.7 Å². The van der Waals surface area contributed by atoms with Gasteiger partial charge in [-0.05, 0) is 42.5 Å². The number of sulfonamides is 1. The Kier molecular flexibility index (Phi) is 4.95. The Bertz CT molecular complexity index is 805. The number of carbonyl (C=O) groups excluding carboxylic acids is 1. The minimum Gasteiger partial charge on any atom is -0.326 e. The second kappa shape index (κ2) is 6.56. The van der Waals surface area contributed by atoms with Gasteiger partial charge in [0.1, 0.15) is 0 Å². The Balaban J connectivity index is 2.26. The molecule has 0 aliphatic heterocycles. The van der Waals surface area contributed by atoms with Crippen LogP contribution in [0, 0.1) is 0 Å². The fourth-order valence-corrected chi connectivity index (χ4v) is 3.16. The zero-order chi connectivity index (χ0) is 16.3. The number of hydrogen-bond donors (Lipinski definition) is 2. The smallest absolute Gasteiger partial charge is 0.261 e.